The van der Waals surface area contributed by atoms with Gasteiger partial charge in [0.15, 0.2) is 0 Å². The first-order valence-corrected chi connectivity index (χ1v) is 6.00. The van der Waals surface area contributed by atoms with Gasteiger partial charge in [0.1, 0.15) is 11.9 Å². The topological polar surface area (TPSA) is 56.5 Å². The third-order valence-corrected chi connectivity index (χ3v) is 3.41. The Labute approximate surface area is 112 Å². The van der Waals surface area contributed by atoms with E-state index in [9.17, 15) is 9.18 Å². The summed E-state index contributed by atoms with van der Waals surface area (Å²) in [5, 5.41) is 8.97. The molecule has 0 radical (unpaired) electrons. The molecule has 6 heteroatoms. The molecule has 0 N–H and O–H groups in total. The number of halogens is 2. The van der Waals surface area contributed by atoms with Crippen molar-refractivity contribution in [3.05, 3.63) is 28.0 Å². The van der Waals surface area contributed by atoms with Crippen molar-refractivity contribution in [1.82, 2.24) is 4.90 Å². The summed E-state index contributed by atoms with van der Waals surface area (Å²) in [4.78, 5) is 17.1. The van der Waals surface area contributed by atoms with Gasteiger partial charge in [0.2, 0.25) is 5.91 Å². The maximum absolute atomic E-state index is 13.4. The van der Waals surface area contributed by atoms with E-state index in [-0.39, 0.29) is 28.1 Å². The zero-order chi connectivity index (χ0) is 13.3. The number of carbonyl (C=O) groups is 1. The number of hydrogen-bond acceptors (Lipinski definition) is 3. The van der Waals surface area contributed by atoms with Crippen LogP contribution in [-0.4, -0.2) is 30.1 Å². The summed E-state index contributed by atoms with van der Waals surface area (Å²) in [7, 11) is 1.68. The molecule has 1 amide bonds. The van der Waals surface area contributed by atoms with E-state index >= 15 is 0 Å². The maximum Gasteiger partial charge on any atom is 0.228 e. The van der Waals surface area contributed by atoms with E-state index in [4.69, 9.17) is 5.26 Å². The zero-order valence-electron chi connectivity index (χ0n) is 9.57. The predicted molar refractivity (Wildman–Crippen MR) is 68.2 cm³/mol. The normalized spacial score (nSPS) is 17.3. The molecule has 1 heterocycles. The fourth-order valence-electron chi connectivity index (χ4n) is 1.70. The highest BCUT2D eigenvalue weighted by Crippen LogP contribution is 2.32. The first-order chi connectivity index (χ1) is 8.52. The first kappa shape index (κ1) is 12.7. The van der Waals surface area contributed by atoms with Crippen molar-refractivity contribution in [3.8, 4) is 6.07 Å². The fourth-order valence-corrected chi connectivity index (χ4v) is 2.13. The van der Waals surface area contributed by atoms with Crippen molar-refractivity contribution >= 4 is 33.2 Å². The largest absolute Gasteiger partial charge is 0.340 e. The van der Waals surface area contributed by atoms with Gasteiger partial charge in [-0.15, -0.1) is 0 Å². The highest BCUT2D eigenvalue weighted by Gasteiger charge is 2.23. The molecule has 4 nitrogen and oxygen atoms in total. The molecule has 18 heavy (non-hydrogen) atoms. The summed E-state index contributed by atoms with van der Waals surface area (Å²) in [6.07, 6.45) is 0.213. The van der Waals surface area contributed by atoms with Crippen LogP contribution in [0.15, 0.2) is 21.6 Å². The van der Waals surface area contributed by atoms with Crippen molar-refractivity contribution < 1.29 is 9.18 Å². The molecule has 0 saturated carbocycles. The third kappa shape index (κ3) is 2.27. The minimum atomic E-state index is -0.481. The summed E-state index contributed by atoms with van der Waals surface area (Å²) >= 11 is 3.08. The number of aliphatic imine (C=N–C) groups is 1. The second-order valence-corrected chi connectivity index (χ2v) is 4.77. The SMILES string of the molecule is CN1CC(=Nc2c(C#N)ccc(F)c2Br)CC1=O. The average molecular weight is 310 g/mol. The maximum atomic E-state index is 13.4. The van der Waals surface area contributed by atoms with E-state index in [2.05, 4.69) is 20.9 Å². The lowest BCUT2D eigenvalue weighted by Gasteiger charge is -2.05. The van der Waals surface area contributed by atoms with Crippen molar-refractivity contribution in [1.29, 1.82) is 5.26 Å². The molecular weight excluding hydrogens is 301 g/mol. The highest BCUT2D eigenvalue weighted by molar-refractivity contribution is 9.10. The molecule has 0 aliphatic carbocycles. The summed E-state index contributed by atoms with van der Waals surface area (Å²) in [5.41, 5.74) is 1.15. The van der Waals surface area contributed by atoms with Gasteiger partial charge in [0, 0.05) is 12.8 Å². The number of nitriles is 1. The van der Waals surface area contributed by atoms with E-state index in [1.54, 1.807) is 7.05 Å². The van der Waals surface area contributed by atoms with E-state index in [0.29, 0.717) is 12.3 Å². The lowest BCUT2D eigenvalue weighted by molar-refractivity contribution is -0.126. The van der Waals surface area contributed by atoms with Crippen LogP contribution in [0.3, 0.4) is 0 Å². The Morgan fingerprint density at radius 2 is 2.28 bits per heavy atom. The molecule has 1 aliphatic rings. The van der Waals surface area contributed by atoms with Crippen LogP contribution < -0.4 is 0 Å². The number of rotatable bonds is 1. The summed E-state index contributed by atoms with van der Waals surface area (Å²) in [6.45, 7) is 0.409. The van der Waals surface area contributed by atoms with Crippen molar-refractivity contribution in [3.63, 3.8) is 0 Å². The van der Waals surface area contributed by atoms with Gasteiger partial charge in [-0.05, 0) is 28.1 Å². The molecule has 0 unspecified atom stereocenters. The van der Waals surface area contributed by atoms with Crippen LogP contribution in [0, 0.1) is 17.1 Å². The zero-order valence-corrected chi connectivity index (χ0v) is 11.2. The smallest absolute Gasteiger partial charge is 0.228 e. The summed E-state index contributed by atoms with van der Waals surface area (Å²) < 4.78 is 13.6. The number of nitrogens with zero attached hydrogens (tertiary/aromatic N) is 3. The van der Waals surface area contributed by atoms with Gasteiger partial charge in [-0.25, -0.2) is 4.39 Å². The highest BCUT2D eigenvalue weighted by atomic mass is 79.9. The van der Waals surface area contributed by atoms with Crippen LogP contribution >= 0.6 is 15.9 Å². The first-order valence-electron chi connectivity index (χ1n) is 5.21. The molecule has 1 aromatic rings. The van der Waals surface area contributed by atoms with E-state index in [0.717, 1.165) is 0 Å². The number of likely N-dealkylation sites (tertiary alicyclic amines) is 1. The number of hydrogen-bond donors (Lipinski definition) is 0. The van der Waals surface area contributed by atoms with E-state index in [1.165, 1.54) is 17.0 Å². The van der Waals surface area contributed by atoms with Crippen molar-refractivity contribution in [2.24, 2.45) is 4.99 Å². The Bertz CT molecular complexity index is 592. The van der Waals surface area contributed by atoms with Gasteiger partial charge in [-0.3, -0.25) is 9.79 Å². The molecule has 1 saturated heterocycles. The van der Waals surface area contributed by atoms with Crippen LogP contribution in [0.25, 0.3) is 0 Å². The van der Waals surface area contributed by atoms with Crippen molar-refractivity contribution in [2.75, 3.05) is 13.6 Å². The predicted octanol–water partition coefficient (Wildman–Crippen LogP) is 2.39. The Hall–Kier alpha value is -1.74. The Morgan fingerprint density at radius 3 is 2.83 bits per heavy atom. The fraction of sp³-hybridized carbons (Fsp3) is 0.250. The molecule has 1 aliphatic heterocycles. The minimum absolute atomic E-state index is 0.0280. The van der Waals surface area contributed by atoms with Crippen LogP contribution in [0.5, 0.6) is 0 Å². The molecule has 1 aromatic carbocycles. The van der Waals surface area contributed by atoms with Gasteiger partial charge < -0.3 is 4.90 Å². The summed E-state index contributed by atoms with van der Waals surface area (Å²) in [5.74, 6) is -0.509. The lowest BCUT2D eigenvalue weighted by Crippen LogP contribution is -2.18. The molecule has 1 fully saturated rings. The Kier molecular flexibility index (Phi) is 3.43. The molecule has 0 bridgehead atoms. The molecule has 2 rings (SSSR count). The molecule has 0 atom stereocenters. The quantitative estimate of drug-likeness (QED) is 0.800. The molecule has 92 valence electrons. The third-order valence-electron chi connectivity index (χ3n) is 2.66. The van der Waals surface area contributed by atoms with Gasteiger partial charge in [0.25, 0.3) is 0 Å². The average Bonchev–Trinajstić information content (AvgIpc) is 2.65. The number of carbonyl (C=O) groups excluding carboxylic acids is 1. The van der Waals surface area contributed by atoms with Gasteiger partial charge in [-0.1, -0.05) is 0 Å². The van der Waals surface area contributed by atoms with Crippen LogP contribution in [0.2, 0.25) is 0 Å². The number of benzene rings is 1. The standard InChI is InChI=1S/C12H9BrFN3O/c1-17-6-8(4-10(17)18)16-12-7(5-15)2-3-9(14)11(12)13/h2-3H,4,6H2,1H3. The van der Waals surface area contributed by atoms with Crippen LogP contribution in [0.4, 0.5) is 10.1 Å². The van der Waals surface area contributed by atoms with Crippen LogP contribution in [-0.2, 0) is 4.79 Å². The summed E-state index contributed by atoms with van der Waals surface area (Å²) in [6, 6.07) is 4.54. The second kappa shape index (κ2) is 4.86. The van der Waals surface area contributed by atoms with Gasteiger partial charge in [-0.2, -0.15) is 5.26 Å². The van der Waals surface area contributed by atoms with Gasteiger partial charge in [0.05, 0.1) is 28.7 Å². The Morgan fingerprint density at radius 1 is 1.56 bits per heavy atom. The van der Waals surface area contributed by atoms with E-state index in [1.807, 2.05) is 6.07 Å². The van der Waals surface area contributed by atoms with E-state index < -0.39 is 5.82 Å². The lowest BCUT2D eigenvalue weighted by atomic mass is 10.2. The molecule has 0 aromatic heterocycles. The van der Waals surface area contributed by atoms with Gasteiger partial charge >= 0.3 is 0 Å². The van der Waals surface area contributed by atoms with Crippen molar-refractivity contribution in [2.45, 2.75) is 6.42 Å². The minimum Gasteiger partial charge on any atom is -0.340 e. The monoisotopic (exact) mass is 309 g/mol. The Balaban J connectivity index is 2.47. The second-order valence-electron chi connectivity index (χ2n) is 3.97. The number of amides is 1. The van der Waals surface area contributed by atoms with Crippen LogP contribution in [0.1, 0.15) is 12.0 Å². The molecular formula is C12H9BrFN3O. The molecule has 0 spiro atoms.